The van der Waals surface area contributed by atoms with Gasteiger partial charge >= 0.3 is 0 Å². The summed E-state index contributed by atoms with van der Waals surface area (Å²) in [6.07, 6.45) is 7.41. The summed E-state index contributed by atoms with van der Waals surface area (Å²) in [7, 11) is 0. The fourth-order valence-corrected chi connectivity index (χ4v) is 4.16. The summed E-state index contributed by atoms with van der Waals surface area (Å²) in [5.74, 6) is 0.356. The lowest BCUT2D eigenvalue weighted by molar-refractivity contribution is 0.0571. The zero-order valence-electron chi connectivity index (χ0n) is 12.9. The van der Waals surface area contributed by atoms with Gasteiger partial charge in [0.05, 0.1) is 0 Å². The van der Waals surface area contributed by atoms with Crippen molar-refractivity contribution < 1.29 is 9.18 Å². The third kappa shape index (κ3) is 2.62. The Morgan fingerprint density at radius 2 is 1.61 bits per heavy atom. The van der Waals surface area contributed by atoms with Gasteiger partial charge in [-0.05, 0) is 61.4 Å². The number of halogens is 1. The molecule has 4 rings (SSSR count). The molecule has 0 spiro atoms. The summed E-state index contributed by atoms with van der Waals surface area (Å²) in [6, 6.07) is 11.0. The number of hydrogen-bond acceptors (Lipinski definition) is 2. The number of benzene rings is 1. The SMILES string of the molecule is O=C(c1ccncc1)N1[C@@H]2CC[C@H]1CC(c1ccc(F)cc1)C2. The molecule has 2 aliphatic rings. The molecule has 2 saturated heterocycles. The average molecular weight is 310 g/mol. The fourth-order valence-electron chi connectivity index (χ4n) is 4.16. The van der Waals surface area contributed by atoms with Crippen molar-refractivity contribution in [2.75, 3.05) is 0 Å². The number of amides is 1. The van der Waals surface area contributed by atoms with Crippen LogP contribution in [0.5, 0.6) is 0 Å². The van der Waals surface area contributed by atoms with E-state index < -0.39 is 0 Å². The van der Waals surface area contributed by atoms with Crippen molar-refractivity contribution in [1.82, 2.24) is 9.88 Å². The Balaban J connectivity index is 1.54. The lowest BCUT2D eigenvalue weighted by atomic mass is 9.85. The smallest absolute Gasteiger partial charge is 0.254 e. The van der Waals surface area contributed by atoms with E-state index in [0.29, 0.717) is 18.0 Å². The monoisotopic (exact) mass is 310 g/mol. The maximum Gasteiger partial charge on any atom is 0.254 e. The van der Waals surface area contributed by atoms with E-state index in [4.69, 9.17) is 0 Å². The third-order valence-electron chi connectivity index (χ3n) is 5.24. The van der Waals surface area contributed by atoms with E-state index in [0.717, 1.165) is 31.2 Å². The van der Waals surface area contributed by atoms with Crippen molar-refractivity contribution in [3.05, 3.63) is 65.7 Å². The summed E-state index contributed by atoms with van der Waals surface area (Å²) < 4.78 is 13.1. The molecule has 0 aliphatic carbocycles. The summed E-state index contributed by atoms with van der Waals surface area (Å²) >= 11 is 0. The predicted octanol–water partition coefficient (Wildman–Crippen LogP) is 3.77. The predicted molar refractivity (Wildman–Crippen MR) is 85.6 cm³/mol. The number of fused-ring (bicyclic) bond motifs is 2. The Bertz CT molecular complexity index is 687. The minimum absolute atomic E-state index is 0.123. The molecule has 1 unspecified atom stereocenters. The van der Waals surface area contributed by atoms with Gasteiger partial charge in [-0.25, -0.2) is 4.39 Å². The standard InChI is InChI=1S/C19H19FN2O/c20-16-3-1-13(2-4-16)15-11-17-5-6-18(12-15)22(17)19(23)14-7-9-21-10-8-14/h1-4,7-10,15,17-18H,5-6,11-12H2/t15?,17-,18+. The van der Waals surface area contributed by atoms with Crippen molar-refractivity contribution >= 4 is 5.91 Å². The number of aromatic nitrogens is 1. The van der Waals surface area contributed by atoms with Crippen LogP contribution < -0.4 is 0 Å². The minimum atomic E-state index is -0.193. The molecule has 1 aromatic carbocycles. The Hall–Kier alpha value is -2.23. The van der Waals surface area contributed by atoms with E-state index in [1.54, 1.807) is 24.5 Å². The first-order valence-corrected chi connectivity index (χ1v) is 8.20. The van der Waals surface area contributed by atoms with Crippen LogP contribution in [0.2, 0.25) is 0 Å². The molecular weight excluding hydrogens is 291 g/mol. The normalized spacial score (nSPS) is 26.3. The van der Waals surface area contributed by atoms with Crippen LogP contribution in [0, 0.1) is 5.82 Å². The van der Waals surface area contributed by atoms with Crippen LogP contribution in [0.15, 0.2) is 48.8 Å². The Kier molecular flexibility index (Phi) is 3.60. The molecular formula is C19H19FN2O. The van der Waals surface area contributed by atoms with Gasteiger partial charge in [-0.15, -0.1) is 0 Å². The molecule has 1 aromatic heterocycles. The minimum Gasteiger partial charge on any atom is -0.333 e. The number of piperidine rings is 1. The van der Waals surface area contributed by atoms with Gasteiger partial charge in [0.2, 0.25) is 0 Å². The summed E-state index contributed by atoms with van der Waals surface area (Å²) in [5, 5.41) is 0. The van der Waals surface area contributed by atoms with Crippen molar-refractivity contribution in [2.45, 2.75) is 43.7 Å². The van der Waals surface area contributed by atoms with Gasteiger partial charge in [0, 0.05) is 30.0 Å². The van der Waals surface area contributed by atoms with E-state index >= 15 is 0 Å². The molecule has 118 valence electrons. The van der Waals surface area contributed by atoms with Crippen LogP contribution in [0.4, 0.5) is 4.39 Å². The van der Waals surface area contributed by atoms with E-state index in [2.05, 4.69) is 9.88 Å². The molecule has 3 heterocycles. The molecule has 2 aromatic rings. The molecule has 0 N–H and O–H groups in total. The molecule has 1 amide bonds. The van der Waals surface area contributed by atoms with Crippen LogP contribution in [-0.4, -0.2) is 27.9 Å². The molecule has 2 fully saturated rings. The van der Waals surface area contributed by atoms with Crippen molar-refractivity contribution in [2.24, 2.45) is 0 Å². The highest BCUT2D eigenvalue weighted by Gasteiger charge is 2.43. The number of carbonyl (C=O) groups is 1. The Labute approximate surface area is 135 Å². The maximum absolute atomic E-state index is 13.1. The maximum atomic E-state index is 13.1. The average Bonchev–Trinajstić information content (AvgIpc) is 2.85. The van der Waals surface area contributed by atoms with Crippen LogP contribution in [0.1, 0.15) is 47.5 Å². The largest absolute Gasteiger partial charge is 0.333 e. The summed E-state index contributed by atoms with van der Waals surface area (Å²) in [6.45, 7) is 0. The quantitative estimate of drug-likeness (QED) is 0.846. The number of pyridine rings is 1. The van der Waals surface area contributed by atoms with Crippen LogP contribution >= 0.6 is 0 Å². The molecule has 0 radical (unpaired) electrons. The molecule has 23 heavy (non-hydrogen) atoms. The molecule has 2 aliphatic heterocycles. The van der Waals surface area contributed by atoms with Crippen LogP contribution in [-0.2, 0) is 0 Å². The highest BCUT2D eigenvalue weighted by molar-refractivity contribution is 5.94. The lowest BCUT2D eigenvalue weighted by Gasteiger charge is -2.39. The van der Waals surface area contributed by atoms with Gasteiger partial charge in [0.1, 0.15) is 5.82 Å². The highest BCUT2D eigenvalue weighted by Crippen LogP contribution is 2.43. The van der Waals surface area contributed by atoms with Crippen molar-refractivity contribution in [1.29, 1.82) is 0 Å². The molecule has 3 atom stereocenters. The Morgan fingerprint density at radius 1 is 1.00 bits per heavy atom. The number of nitrogens with zero attached hydrogens (tertiary/aromatic N) is 2. The first-order chi connectivity index (χ1) is 11.2. The second kappa shape index (κ2) is 5.76. The first-order valence-electron chi connectivity index (χ1n) is 8.20. The fraction of sp³-hybridized carbons (Fsp3) is 0.368. The van der Waals surface area contributed by atoms with Crippen molar-refractivity contribution in [3.63, 3.8) is 0 Å². The van der Waals surface area contributed by atoms with Gasteiger partial charge in [0.25, 0.3) is 5.91 Å². The highest BCUT2D eigenvalue weighted by atomic mass is 19.1. The van der Waals surface area contributed by atoms with E-state index in [9.17, 15) is 9.18 Å². The van der Waals surface area contributed by atoms with Crippen LogP contribution in [0.25, 0.3) is 0 Å². The van der Waals surface area contributed by atoms with E-state index in [1.807, 2.05) is 12.1 Å². The summed E-state index contributed by atoms with van der Waals surface area (Å²) in [5.41, 5.74) is 1.91. The second-order valence-electron chi connectivity index (χ2n) is 6.55. The summed E-state index contributed by atoms with van der Waals surface area (Å²) in [4.78, 5) is 18.9. The van der Waals surface area contributed by atoms with Gasteiger partial charge in [0.15, 0.2) is 0 Å². The van der Waals surface area contributed by atoms with E-state index in [1.165, 1.54) is 17.7 Å². The van der Waals surface area contributed by atoms with E-state index in [-0.39, 0.29) is 11.7 Å². The third-order valence-corrected chi connectivity index (χ3v) is 5.24. The molecule has 2 bridgehead atoms. The van der Waals surface area contributed by atoms with Gasteiger partial charge < -0.3 is 4.90 Å². The lowest BCUT2D eigenvalue weighted by Crippen LogP contribution is -2.46. The number of carbonyl (C=O) groups excluding carboxylic acids is 1. The van der Waals surface area contributed by atoms with Crippen LogP contribution in [0.3, 0.4) is 0 Å². The Morgan fingerprint density at radius 3 is 2.22 bits per heavy atom. The van der Waals surface area contributed by atoms with Gasteiger partial charge in [-0.3, -0.25) is 9.78 Å². The van der Waals surface area contributed by atoms with Crippen molar-refractivity contribution in [3.8, 4) is 0 Å². The van der Waals surface area contributed by atoms with Gasteiger partial charge in [-0.1, -0.05) is 12.1 Å². The zero-order chi connectivity index (χ0) is 15.8. The first kappa shape index (κ1) is 14.4. The molecule has 0 saturated carbocycles. The molecule has 4 heteroatoms. The number of rotatable bonds is 2. The zero-order valence-corrected chi connectivity index (χ0v) is 12.9. The van der Waals surface area contributed by atoms with Gasteiger partial charge in [-0.2, -0.15) is 0 Å². The second-order valence-corrected chi connectivity index (χ2v) is 6.55. The topological polar surface area (TPSA) is 33.2 Å². The number of hydrogen-bond donors (Lipinski definition) is 0. The molecule has 3 nitrogen and oxygen atoms in total.